The van der Waals surface area contributed by atoms with Crippen LogP contribution in [0.4, 0.5) is 26.0 Å². The standard InChI is InChI=1S/C23H28F2N6O2/c1-14(33-4)8-22(32)30-23-15(2)29-21(9-20(23)26-3)27-10-16-11-28-31(12-16)13-17-18(24)6-5-7-19(17)25/h5-7,9,11-12,14H,8,10,13H2,1-4H3,(H,30,32)(H2,26,27,29)/t14-/m1/s1. The number of halogens is 2. The van der Waals surface area contributed by atoms with Crippen molar-refractivity contribution in [3.05, 3.63) is 65.1 Å². The Balaban J connectivity index is 1.66. The number of hydrogen-bond donors (Lipinski definition) is 3. The Morgan fingerprint density at radius 3 is 2.67 bits per heavy atom. The van der Waals surface area contributed by atoms with E-state index < -0.39 is 11.6 Å². The molecule has 0 saturated heterocycles. The van der Waals surface area contributed by atoms with Crippen LogP contribution in [-0.4, -0.2) is 40.9 Å². The van der Waals surface area contributed by atoms with E-state index in [-0.39, 0.29) is 30.5 Å². The van der Waals surface area contributed by atoms with Crippen LogP contribution in [0.1, 0.15) is 30.2 Å². The molecule has 3 N–H and O–H groups in total. The van der Waals surface area contributed by atoms with Crippen molar-refractivity contribution in [3.8, 4) is 0 Å². The Kier molecular flexibility index (Phi) is 7.94. The van der Waals surface area contributed by atoms with Crippen molar-refractivity contribution in [1.29, 1.82) is 0 Å². The molecule has 1 amide bonds. The molecule has 0 spiro atoms. The van der Waals surface area contributed by atoms with Gasteiger partial charge < -0.3 is 20.7 Å². The zero-order valence-electron chi connectivity index (χ0n) is 19.1. The summed E-state index contributed by atoms with van der Waals surface area (Å²) in [5.41, 5.74) is 2.76. The van der Waals surface area contributed by atoms with Gasteiger partial charge in [0, 0.05) is 44.1 Å². The molecule has 2 aromatic heterocycles. The van der Waals surface area contributed by atoms with Gasteiger partial charge in [-0.05, 0) is 26.0 Å². The highest BCUT2D eigenvalue weighted by Gasteiger charge is 2.15. The van der Waals surface area contributed by atoms with Crippen LogP contribution in [0, 0.1) is 18.6 Å². The number of benzene rings is 1. The first-order chi connectivity index (χ1) is 15.8. The van der Waals surface area contributed by atoms with Crippen LogP contribution in [0.3, 0.4) is 0 Å². The van der Waals surface area contributed by atoms with E-state index in [9.17, 15) is 13.6 Å². The summed E-state index contributed by atoms with van der Waals surface area (Å²) in [6, 6.07) is 5.57. The third kappa shape index (κ3) is 6.26. The number of methoxy groups -OCH3 is 1. The molecule has 3 aromatic rings. The SMILES string of the molecule is CNc1cc(NCc2cnn(Cc3c(F)cccc3F)c2)nc(C)c1NC(=O)C[C@@H](C)OC. The molecule has 0 bridgehead atoms. The fourth-order valence-electron chi connectivity index (χ4n) is 3.28. The minimum Gasteiger partial charge on any atom is -0.386 e. The molecule has 0 aliphatic rings. The van der Waals surface area contributed by atoms with Crippen LogP contribution in [-0.2, 0) is 22.6 Å². The van der Waals surface area contributed by atoms with E-state index in [1.54, 1.807) is 32.6 Å². The van der Waals surface area contributed by atoms with Crippen molar-refractivity contribution < 1.29 is 18.3 Å². The molecule has 10 heteroatoms. The molecule has 8 nitrogen and oxygen atoms in total. The number of nitrogens with one attached hydrogen (secondary N) is 3. The Labute approximate surface area is 191 Å². The smallest absolute Gasteiger partial charge is 0.227 e. The molecular weight excluding hydrogens is 430 g/mol. The van der Waals surface area contributed by atoms with Crippen LogP contribution >= 0.6 is 0 Å². The molecule has 33 heavy (non-hydrogen) atoms. The first-order valence-corrected chi connectivity index (χ1v) is 10.5. The first-order valence-electron chi connectivity index (χ1n) is 10.5. The van der Waals surface area contributed by atoms with Gasteiger partial charge in [-0.2, -0.15) is 5.10 Å². The molecule has 2 heterocycles. The number of anilines is 3. The second kappa shape index (κ2) is 10.9. The van der Waals surface area contributed by atoms with E-state index in [2.05, 4.69) is 26.0 Å². The number of rotatable bonds is 10. The molecule has 0 aliphatic carbocycles. The second-order valence-corrected chi connectivity index (χ2v) is 7.66. The van der Waals surface area contributed by atoms with Gasteiger partial charge in [-0.25, -0.2) is 13.8 Å². The number of aryl methyl sites for hydroxylation is 1. The van der Waals surface area contributed by atoms with Gasteiger partial charge in [0.2, 0.25) is 5.91 Å². The topological polar surface area (TPSA) is 93.1 Å². The zero-order chi connectivity index (χ0) is 24.0. The van der Waals surface area contributed by atoms with Crippen molar-refractivity contribution in [2.75, 3.05) is 30.1 Å². The fourth-order valence-corrected chi connectivity index (χ4v) is 3.28. The fraction of sp³-hybridized carbons (Fsp3) is 0.348. The van der Waals surface area contributed by atoms with Crippen LogP contribution < -0.4 is 16.0 Å². The number of carbonyl (C=O) groups is 1. The summed E-state index contributed by atoms with van der Waals surface area (Å²) < 4.78 is 34.4. The maximum absolute atomic E-state index is 13.9. The summed E-state index contributed by atoms with van der Waals surface area (Å²) in [5, 5.41) is 13.4. The van der Waals surface area contributed by atoms with E-state index in [4.69, 9.17) is 4.74 Å². The maximum Gasteiger partial charge on any atom is 0.227 e. The highest BCUT2D eigenvalue weighted by atomic mass is 19.1. The van der Waals surface area contributed by atoms with Crippen molar-refractivity contribution in [1.82, 2.24) is 14.8 Å². The summed E-state index contributed by atoms with van der Waals surface area (Å²) in [6.45, 7) is 4.04. The van der Waals surface area contributed by atoms with E-state index in [1.165, 1.54) is 22.9 Å². The predicted octanol–water partition coefficient (Wildman–Crippen LogP) is 3.93. The lowest BCUT2D eigenvalue weighted by Crippen LogP contribution is -2.20. The van der Waals surface area contributed by atoms with Crippen LogP contribution in [0.15, 0.2) is 36.7 Å². The second-order valence-electron chi connectivity index (χ2n) is 7.66. The van der Waals surface area contributed by atoms with Crippen LogP contribution in [0.5, 0.6) is 0 Å². The minimum absolute atomic E-state index is 0.00412. The summed E-state index contributed by atoms with van der Waals surface area (Å²) >= 11 is 0. The molecule has 176 valence electrons. The quantitative estimate of drug-likeness (QED) is 0.426. The normalized spacial score (nSPS) is 11.8. The van der Waals surface area contributed by atoms with Crippen molar-refractivity contribution in [3.63, 3.8) is 0 Å². The molecule has 1 aromatic carbocycles. The zero-order valence-corrected chi connectivity index (χ0v) is 19.1. The van der Waals surface area contributed by atoms with E-state index in [0.29, 0.717) is 29.4 Å². The average Bonchev–Trinajstić information content (AvgIpc) is 3.23. The molecule has 0 radical (unpaired) electrons. The Morgan fingerprint density at radius 2 is 2.00 bits per heavy atom. The van der Waals surface area contributed by atoms with Gasteiger partial charge in [0.05, 0.1) is 42.3 Å². The van der Waals surface area contributed by atoms with Gasteiger partial charge in [-0.15, -0.1) is 0 Å². The van der Waals surface area contributed by atoms with Gasteiger partial charge in [-0.3, -0.25) is 9.48 Å². The molecular formula is C23H28F2N6O2. The van der Waals surface area contributed by atoms with E-state index in [0.717, 1.165) is 5.56 Å². The Morgan fingerprint density at radius 1 is 1.27 bits per heavy atom. The Bertz CT molecular complexity index is 1100. The summed E-state index contributed by atoms with van der Waals surface area (Å²) in [4.78, 5) is 16.8. The number of ether oxygens (including phenoxy) is 1. The summed E-state index contributed by atoms with van der Waals surface area (Å²) in [5.74, 6) is -0.764. The average molecular weight is 459 g/mol. The lowest BCUT2D eigenvalue weighted by molar-refractivity contribution is -0.118. The van der Waals surface area contributed by atoms with Crippen molar-refractivity contribution in [2.24, 2.45) is 0 Å². The summed E-state index contributed by atoms with van der Waals surface area (Å²) in [7, 11) is 3.32. The number of carbonyl (C=O) groups excluding carboxylic acids is 1. The van der Waals surface area contributed by atoms with Crippen LogP contribution in [0.2, 0.25) is 0 Å². The monoisotopic (exact) mass is 458 g/mol. The number of nitrogens with zero attached hydrogens (tertiary/aromatic N) is 3. The largest absolute Gasteiger partial charge is 0.386 e. The summed E-state index contributed by atoms with van der Waals surface area (Å²) in [6.07, 6.45) is 3.40. The minimum atomic E-state index is -0.603. The third-order valence-electron chi connectivity index (χ3n) is 5.15. The van der Waals surface area contributed by atoms with Crippen molar-refractivity contribution in [2.45, 2.75) is 39.5 Å². The highest BCUT2D eigenvalue weighted by molar-refractivity contribution is 5.95. The molecule has 1 atom stereocenters. The molecule has 0 saturated carbocycles. The first kappa shape index (κ1) is 24.1. The number of amides is 1. The number of aromatic nitrogens is 3. The molecule has 0 unspecified atom stereocenters. The lowest BCUT2D eigenvalue weighted by Gasteiger charge is -2.16. The lowest BCUT2D eigenvalue weighted by atomic mass is 10.2. The number of hydrogen-bond acceptors (Lipinski definition) is 6. The van der Waals surface area contributed by atoms with E-state index in [1.807, 2.05) is 13.8 Å². The Hall–Kier alpha value is -3.53. The van der Waals surface area contributed by atoms with Gasteiger partial charge in [0.1, 0.15) is 17.5 Å². The van der Waals surface area contributed by atoms with Crippen LogP contribution in [0.25, 0.3) is 0 Å². The van der Waals surface area contributed by atoms with Gasteiger partial charge in [0.15, 0.2) is 0 Å². The van der Waals surface area contributed by atoms with E-state index >= 15 is 0 Å². The van der Waals surface area contributed by atoms with Crippen molar-refractivity contribution >= 4 is 23.1 Å². The number of pyridine rings is 1. The maximum atomic E-state index is 13.9. The third-order valence-corrected chi connectivity index (χ3v) is 5.15. The van der Waals surface area contributed by atoms with Gasteiger partial charge in [-0.1, -0.05) is 6.07 Å². The molecule has 3 rings (SSSR count). The predicted molar refractivity (Wildman–Crippen MR) is 123 cm³/mol. The molecule has 0 fully saturated rings. The van der Waals surface area contributed by atoms with Gasteiger partial charge >= 0.3 is 0 Å². The van der Waals surface area contributed by atoms with Gasteiger partial charge in [0.25, 0.3) is 0 Å². The molecule has 0 aliphatic heterocycles. The highest BCUT2D eigenvalue weighted by Crippen LogP contribution is 2.28.